The van der Waals surface area contributed by atoms with E-state index < -0.39 is 0 Å². The van der Waals surface area contributed by atoms with Gasteiger partial charge in [-0.2, -0.15) is 0 Å². The second kappa shape index (κ2) is 13.3. The van der Waals surface area contributed by atoms with Gasteiger partial charge in [0.05, 0.1) is 26.9 Å². The molecule has 1 aliphatic rings. The largest absolute Gasteiger partial charge is 0.456 e. The summed E-state index contributed by atoms with van der Waals surface area (Å²) >= 11 is 3.61. The van der Waals surface area contributed by atoms with Crippen LogP contribution in [0.25, 0.3) is 52.9 Å². The summed E-state index contributed by atoms with van der Waals surface area (Å²) in [5, 5.41) is 6.88. The molecule has 0 spiro atoms. The molecule has 6 heteroatoms. The molecule has 0 fully saturated rings. The van der Waals surface area contributed by atoms with E-state index in [1.807, 2.05) is 29.5 Å². The van der Waals surface area contributed by atoms with Crippen molar-refractivity contribution in [3.8, 4) is 11.5 Å². The van der Waals surface area contributed by atoms with Crippen LogP contribution < -0.4 is 14.5 Å². The summed E-state index contributed by atoms with van der Waals surface area (Å²) in [6.45, 7) is 0. The van der Waals surface area contributed by atoms with Gasteiger partial charge in [0.25, 0.3) is 0 Å². The molecule has 1 aliphatic heterocycles. The maximum atomic E-state index is 7.24. The number of furan rings is 1. The number of fused-ring (bicyclic) bond motifs is 9. The van der Waals surface area contributed by atoms with Crippen molar-refractivity contribution in [2.45, 2.75) is 9.79 Å². The first-order chi connectivity index (χ1) is 28.8. The van der Waals surface area contributed by atoms with E-state index in [0.29, 0.717) is 0 Å². The fraction of sp³-hybridized carbons (Fsp3) is 0. The predicted octanol–water partition coefficient (Wildman–Crippen LogP) is 16.3. The third-order valence-electron chi connectivity index (χ3n) is 11.1. The van der Waals surface area contributed by atoms with E-state index in [0.717, 1.165) is 88.1 Å². The monoisotopic (exact) mass is 780 g/mol. The number of hydrogen-bond donors (Lipinski definition) is 0. The summed E-state index contributed by atoms with van der Waals surface area (Å²) in [6.07, 6.45) is 0. The Labute approximate surface area is 342 Å². The minimum absolute atomic E-state index is 0.800. The first-order valence-electron chi connectivity index (χ1n) is 19.3. The van der Waals surface area contributed by atoms with Crippen molar-refractivity contribution in [2.24, 2.45) is 0 Å². The van der Waals surface area contributed by atoms with Gasteiger partial charge in [-0.05, 0) is 78.9 Å². The quantitative estimate of drug-likeness (QED) is 0.157. The zero-order chi connectivity index (χ0) is 38.2. The minimum Gasteiger partial charge on any atom is -0.456 e. The average molecular weight is 781 g/mol. The van der Waals surface area contributed by atoms with Crippen LogP contribution in [0.2, 0.25) is 0 Å². The molecule has 4 nitrogen and oxygen atoms in total. The Bertz CT molecular complexity index is 3370. The number of para-hydroxylation sites is 4. The van der Waals surface area contributed by atoms with E-state index in [9.17, 15) is 0 Å². The second-order valence-corrected chi connectivity index (χ2v) is 16.6. The molecule has 0 atom stereocenters. The lowest BCUT2D eigenvalue weighted by molar-refractivity contribution is 0.457. The number of thiophene rings is 1. The zero-order valence-corrected chi connectivity index (χ0v) is 32.6. The van der Waals surface area contributed by atoms with Crippen LogP contribution in [0.5, 0.6) is 11.5 Å². The zero-order valence-electron chi connectivity index (χ0n) is 31.0. The highest BCUT2D eigenvalue weighted by molar-refractivity contribution is 7.99. The molecule has 0 aliphatic carbocycles. The molecular weight excluding hydrogens is 749 g/mol. The topological polar surface area (TPSA) is 28.9 Å². The van der Waals surface area contributed by atoms with Crippen LogP contribution in [0.15, 0.2) is 208 Å². The van der Waals surface area contributed by atoms with Crippen LogP contribution >= 0.6 is 23.1 Å². The Morgan fingerprint density at radius 1 is 0.379 bits per heavy atom. The van der Waals surface area contributed by atoms with Crippen molar-refractivity contribution in [1.82, 2.24) is 0 Å². The van der Waals surface area contributed by atoms with Gasteiger partial charge in [-0.15, -0.1) is 11.3 Å². The molecule has 12 rings (SSSR count). The highest BCUT2D eigenvalue weighted by Crippen LogP contribution is 2.61. The molecule has 3 heterocycles. The lowest BCUT2D eigenvalue weighted by atomic mass is 10.0. The minimum atomic E-state index is 0.800. The van der Waals surface area contributed by atoms with Gasteiger partial charge in [0, 0.05) is 64.8 Å². The molecule has 0 N–H and O–H groups in total. The Hall–Kier alpha value is -6.99. The molecule has 0 saturated carbocycles. The van der Waals surface area contributed by atoms with Crippen LogP contribution in [-0.4, -0.2) is 0 Å². The number of benzene rings is 9. The molecule has 9 aromatic carbocycles. The SMILES string of the molecule is c1ccc(N(c2ccc3c(c2)oc2ccccc23)c2c3c(c(N(c4ccccc4)c4ccc5sc6ccccc6c5c4)c4ccccc24)Sc2ccccc2O3)cc1. The number of nitrogens with zero attached hydrogens (tertiary/aromatic N) is 2. The normalized spacial score (nSPS) is 12.2. The maximum Gasteiger partial charge on any atom is 0.168 e. The third kappa shape index (κ3) is 5.23. The third-order valence-corrected chi connectivity index (χ3v) is 13.4. The highest BCUT2D eigenvalue weighted by Gasteiger charge is 2.34. The number of rotatable bonds is 6. The Morgan fingerprint density at radius 2 is 0.948 bits per heavy atom. The molecular formula is C52H32N2O2S2. The summed E-state index contributed by atoms with van der Waals surface area (Å²) in [5.74, 6) is 1.63. The molecule has 2 aromatic heterocycles. The van der Waals surface area contributed by atoms with E-state index in [4.69, 9.17) is 9.15 Å². The van der Waals surface area contributed by atoms with Crippen molar-refractivity contribution < 1.29 is 9.15 Å². The van der Waals surface area contributed by atoms with Crippen LogP contribution in [0.3, 0.4) is 0 Å². The molecule has 0 unspecified atom stereocenters. The molecule has 274 valence electrons. The molecule has 0 radical (unpaired) electrons. The smallest absolute Gasteiger partial charge is 0.168 e. The van der Waals surface area contributed by atoms with E-state index in [2.05, 4.69) is 186 Å². The van der Waals surface area contributed by atoms with E-state index in [1.54, 1.807) is 11.8 Å². The van der Waals surface area contributed by atoms with E-state index >= 15 is 0 Å². The Balaban J connectivity index is 1.18. The lowest BCUT2D eigenvalue weighted by Crippen LogP contribution is -2.17. The van der Waals surface area contributed by atoms with Crippen LogP contribution in [0.1, 0.15) is 0 Å². The molecule has 0 bridgehead atoms. The number of anilines is 6. The van der Waals surface area contributed by atoms with Gasteiger partial charge in [0.15, 0.2) is 5.75 Å². The van der Waals surface area contributed by atoms with Crippen LogP contribution in [0.4, 0.5) is 34.1 Å². The van der Waals surface area contributed by atoms with Gasteiger partial charge in [0.2, 0.25) is 0 Å². The van der Waals surface area contributed by atoms with Crippen molar-refractivity contribution >= 4 is 110 Å². The first-order valence-corrected chi connectivity index (χ1v) is 21.0. The standard InChI is InChI=1S/C52H32N2O2S2/c1-3-15-33(16-4-1)53(36-27-29-38-37-19-9-11-23-43(37)55-45(38)32-36)49-40-21-7-8-22-41(40)50(52-51(49)56-44-24-12-14-26-48(44)58-52)54(34-17-5-2-6-18-34)35-28-30-47-42(31-35)39-20-10-13-25-46(39)57-47/h1-32H. The van der Waals surface area contributed by atoms with E-state index in [1.165, 1.54) is 20.2 Å². The molecule has 58 heavy (non-hydrogen) atoms. The lowest BCUT2D eigenvalue weighted by Gasteiger charge is -2.36. The van der Waals surface area contributed by atoms with Crippen molar-refractivity contribution in [3.63, 3.8) is 0 Å². The highest BCUT2D eigenvalue weighted by atomic mass is 32.2. The molecule has 11 aromatic rings. The summed E-state index contributed by atoms with van der Waals surface area (Å²) in [7, 11) is 0. The van der Waals surface area contributed by atoms with E-state index in [-0.39, 0.29) is 0 Å². The van der Waals surface area contributed by atoms with Gasteiger partial charge in [-0.3, -0.25) is 0 Å². The summed E-state index contributed by atoms with van der Waals surface area (Å²) in [4.78, 5) is 6.87. The summed E-state index contributed by atoms with van der Waals surface area (Å²) in [5.41, 5.74) is 7.87. The molecule has 0 amide bonds. The fourth-order valence-corrected chi connectivity index (χ4v) is 10.7. The summed E-state index contributed by atoms with van der Waals surface area (Å²) in [6, 6.07) is 68.8. The van der Waals surface area contributed by atoms with Gasteiger partial charge in [-0.1, -0.05) is 121 Å². The first kappa shape index (κ1) is 33.2. The summed E-state index contributed by atoms with van der Waals surface area (Å²) < 4.78 is 16.3. The van der Waals surface area contributed by atoms with Gasteiger partial charge in [0.1, 0.15) is 16.9 Å². The maximum absolute atomic E-state index is 7.24. The van der Waals surface area contributed by atoms with Gasteiger partial charge in [-0.25, -0.2) is 0 Å². The van der Waals surface area contributed by atoms with Crippen molar-refractivity contribution in [1.29, 1.82) is 0 Å². The second-order valence-electron chi connectivity index (χ2n) is 14.5. The van der Waals surface area contributed by atoms with Gasteiger partial charge >= 0.3 is 0 Å². The number of ether oxygens (including phenoxy) is 1. The average Bonchev–Trinajstić information content (AvgIpc) is 3.85. The van der Waals surface area contributed by atoms with Crippen molar-refractivity contribution in [3.05, 3.63) is 194 Å². The number of hydrogen-bond acceptors (Lipinski definition) is 6. The Morgan fingerprint density at radius 3 is 1.74 bits per heavy atom. The van der Waals surface area contributed by atoms with Crippen molar-refractivity contribution in [2.75, 3.05) is 9.80 Å². The van der Waals surface area contributed by atoms with Crippen LogP contribution in [0, 0.1) is 0 Å². The molecule has 0 saturated heterocycles. The fourth-order valence-electron chi connectivity index (χ4n) is 8.50. The van der Waals surface area contributed by atoms with Crippen LogP contribution in [-0.2, 0) is 0 Å². The predicted molar refractivity (Wildman–Crippen MR) is 244 cm³/mol. The van der Waals surface area contributed by atoms with Gasteiger partial charge < -0.3 is 19.0 Å². The Kier molecular flexibility index (Phi) is 7.61.